The van der Waals surface area contributed by atoms with Crippen LogP contribution in [-0.4, -0.2) is 52.2 Å². The molecule has 0 saturated carbocycles. The summed E-state index contributed by atoms with van der Waals surface area (Å²) >= 11 is 0.984. The Labute approximate surface area is 203 Å². The minimum absolute atomic E-state index is 0.0419. The average molecular weight is 496 g/mol. The van der Waals surface area contributed by atoms with Gasteiger partial charge in [-0.1, -0.05) is 24.3 Å². The van der Waals surface area contributed by atoms with Crippen molar-refractivity contribution in [3.8, 4) is 16.9 Å². The Morgan fingerprint density at radius 1 is 0.971 bits per heavy atom. The number of carboxylic acid groups (broad SMARTS) is 2. The molecule has 0 saturated heterocycles. The Kier molecular flexibility index (Phi) is 6.80. The number of aliphatic carboxylic acids is 1. The first-order valence-corrected chi connectivity index (χ1v) is 11.4. The van der Waals surface area contributed by atoms with Crippen LogP contribution in [0.15, 0.2) is 48.5 Å². The largest absolute Gasteiger partial charge is 0.508 e. The fraction of sp³-hybridized carbons (Fsp3) is 0.167. The number of carbonyl (C=O) groups is 4. The molecular formula is C24H21N3O7S. The van der Waals surface area contributed by atoms with Gasteiger partial charge in [0.2, 0.25) is 0 Å². The van der Waals surface area contributed by atoms with Crippen molar-refractivity contribution in [3.63, 3.8) is 0 Å². The number of phenols is 1. The van der Waals surface area contributed by atoms with Crippen molar-refractivity contribution in [1.82, 2.24) is 10.6 Å². The molecule has 1 aromatic heterocycles. The Hall–Kier alpha value is -4.22. The first kappa shape index (κ1) is 23.9. The van der Waals surface area contributed by atoms with Crippen molar-refractivity contribution >= 4 is 40.1 Å². The van der Waals surface area contributed by atoms with Crippen LogP contribution in [0.1, 0.15) is 37.2 Å². The zero-order valence-corrected chi connectivity index (χ0v) is 19.0. The first-order valence-electron chi connectivity index (χ1n) is 10.6. The molecule has 0 aliphatic carbocycles. The molecule has 1 aliphatic heterocycles. The lowest BCUT2D eigenvalue weighted by molar-refractivity contribution is -0.147. The summed E-state index contributed by atoms with van der Waals surface area (Å²) in [5.74, 6) is -4.44. The van der Waals surface area contributed by atoms with Gasteiger partial charge in [-0.3, -0.25) is 9.59 Å². The first-order chi connectivity index (χ1) is 16.7. The molecule has 1 aliphatic rings. The average Bonchev–Trinajstić information content (AvgIpc) is 3.21. The molecule has 2 amide bonds. The highest BCUT2D eigenvalue weighted by atomic mass is 32.1. The molecule has 11 heteroatoms. The zero-order chi connectivity index (χ0) is 25.1. The number of amides is 2. The van der Waals surface area contributed by atoms with Gasteiger partial charge >= 0.3 is 17.8 Å². The van der Waals surface area contributed by atoms with Crippen LogP contribution >= 0.6 is 11.3 Å². The van der Waals surface area contributed by atoms with Gasteiger partial charge < -0.3 is 31.3 Å². The van der Waals surface area contributed by atoms with E-state index in [2.05, 4.69) is 16.0 Å². The summed E-state index contributed by atoms with van der Waals surface area (Å²) < 4.78 is 0. The van der Waals surface area contributed by atoms with Gasteiger partial charge in [-0.05, 0) is 53.9 Å². The third-order valence-corrected chi connectivity index (χ3v) is 6.83. The van der Waals surface area contributed by atoms with E-state index in [1.165, 1.54) is 0 Å². The van der Waals surface area contributed by atoms with Gasteiger partial charge in [0.15, 0.2) is 0 Å². The summed E-state index contributed by atoms with van der Waals surface area (Å²) in [6.45, 7) is 0.621. The number of rotatable bonds is 6. The molecule has 2 aromatic carbocycles. The maximum absolute atomic E-state index is 12.7. The maximum atomic E-state index is 12.7. The smallest absolute Gasteiger partial charge is 0.394 e. The Morgan fingerprint density at radius 3 is 2.20 bits per heavy atom. The monoisotopic (exact) mass is 495 g/mol. The number of phenolic OH excluding ortho intramolecular Hbond substituents is 1. The third-order valence-electron chi connectivity index (χ3n) is 5.57. The molecule has 0 bridgehead atoms. The molecule has 0 radical (unpaired) electrons. The highest BCUT2D eigenvalue weighted by Gasteiger charge is 2.31. The van der Waals surface area contributed by atoms with E-state index in [0.717, 1.165) is 22.5 Å². The lowest BCUT2D eigenvalue weighted by atomic mass is 9.99. The number of nitrogens with one attached hydrogen (secondary N) is 3. The summed E-state index contributed by atoms with van der Waals surface area (Å²) in [5.41, 5.74) is 2.61. The van der Waals surface area contributed by atoms with E-state index in [4.69, 9.17) is 5.11 Å². The summed E-state index contributed by atoms with van der Waals surface area (Å²) in [6, 6.07) is 13.3. The van der Waals surface area contributed by atoms with E-state index >= 15 is 0 Å². The fourth-order valence-corrected chi connectivity index (χ4v) is 5.19. The van der Waals surface area contributed by atoms with Crippen molar-refractivity contribution in [2.45, 2.75) is 12.5 Å². The summed E-state index contributed by atoms with van der Waals surface area (Å²) in [6.07, 6.45) is 0.388. The van der Waals surface area contributed by atoms with Gasteiger partial charge in [-0.25, -0.2) is 9.59 Å². The number of hydrogen-bond donors (Lipinski definition) is 6. The Morgan fingerprint density at radius 2 is 1.60 bits per heavy atom. The molecule has 6 N–H and O–H groups in total. The van der Waals surface area contributed by atoms with Gasteiger partial charge in [0.05, 0.1) is 11.6 Å². The van der Waals surface area contributed by atoms with Crippen molar-refractivity contribution in [2.24, 2.45) is 0 Å². The van der Waals surface area contributed by atoms with Crippen LogP contribution in [0.25, 0.3) is 11.1 Å². The predicted molar refractivity (Wildman–Crippen MR) is 128 cm³/mol. The summed E-state index contributed by atoms with van der Waals surface area (Å²) in [5, 5.41) is 36.1. The molecule has 1 atom stereocenters. The van der Waals surface area contributed by atoms with E-state index in [1.54, 1.807) is 48.5 Å². The number of thiophene rings is 1. The minimum Gasteiger partial charge on any atom is -0.508 e. The van der Waals surface area contributed by atoms with E-state index in [9.17, 15) is 29.4 Å². The minimum atomic E-state index is -1.72. The lowest BCUT2D eigenvalue weighted by Crippen LogP contribution is -2.38. The topological polar surface area (TPSA) is 165 Å². The van der Waals surface area contributed by atoms with Gasteiger partial charge in [0.25, 0.3) is 5.91 Å². The zero-order valence-electron chi connectivity index (χ0n) is 18.2. The molecule has 35 heavy (non-hydrogen) atoms. The van der Waals surface area contributed by atoms with Gasteiger partial charge in [0, 0.05) is 17.0 Å². The van der Waals surface area contributed by atoms with Crippen LogP contribution in [0.3, 0.4) is 0 Å². The molecule has 2 heterocycles. The molecule has 0 unspecified atom stereocenters. The second kappa shape index (κ2) is 9.95. The van der Waals surface area contributed by atoms with Crippen LogP contribution in [0, 0.1) is 0 Å². The van der Waals surface area contributed by atoms with Gasteiger partial charge in [-0.2, -0.15) is 0 Å². The van der Waals surface area contributed by atoms with Crippen LogP contribution in [0.4, 0.5) is 5.00 Å². The number of hydrogen-bond acceptors (Lipinski definition) is 7. The standard InChI is InChI=1S/C24H21N3O7S/c28-15-7-5-13(6-8-15)12-1-3-14(4-2-12)20(29)26-11-17-19-16(9-10-25-17)18(23(31)32)22(35-19)27-21(30)24(33)34/h1-8,17,25,28H,9-11H2,(H,26,29)(H,27,30)(H,31,32)(H,33,34)/t17-/m0/s1. The van der Waals surface area contributed by atoms with Crippen molar-refractivity contribution in [3.05, 3.63) is 70.1 Å². The van der Waals surface area contributed by atoms with E-state index in [1.807, 2.05) is 0 Å². The van der Waals surface area contributed by atoms with Crippen LogP contribution in [0.2, 0.25) is 0 Å². The fourth-order valence-electron chi connectivity index (χ4n) is 3.88. The van der Waals surface area contributed by atoms with Crippen molar-refractivity contribution in [2.75, 3.05) is 18.4 Å². The number of benzene rings is 2. The number of carboxylic acids is 2. The van der Waals surface area contributed by atoms with Gasteiger partial charge in [-0.15, -0.1) is 11.3 Å². The lowest BCUT2D eigenvalue weighted by Gasteiger charge is -2.24. The second-order valence-electron chi connectivity index (χ2n) is 7.80. The molecule has 3 aromatic rings. The molecule has 10 nitrogen and oxygen atoms in total. The molecular weight excluding hydrogens is 474 g/mol. The number of aromatic carboxylic acids is 1. The van der Waals surface area contributed by atoms with Crippen LogP contribution < -0.4 is 16.0 Å². The van der Waals surface area contributed by atoms with Crippen LogP contribution in [0.5, 0.6) is 5.75 Å². The highest BCUT2D eigenvalue weighted by molar-refractivity contribution is 7.17. The van der Waals surface area contributed by atoms with Crippen molar-refractivity contribution < 1.29 is 34.5 Å². The van der Waals surface area contributed by atoms with E-state index < -0.39 is 23.9 Å². The SMILES string of the molecule is O=C(O)C(=O)Nc1sc2c(c1C(=O)O)CCN[C@H]2CNC(=O)c1ccc(-c2ccc(O)cc2)cc1. The number of carbonyl (C=O) groups excluding carboxylic acids is 2. The quantitative estimate of drug-likeness (QED) is 0.284. The number of anilines is 1. The molecule has 0 fully saturated rings. The molecule has 0 spiro atoms. The number of aromatic hydroxyl groups is 1. The summed E-state index contributed by atoms with van der Waals surface area (Å²) in [4.78, 5) is 47.6. The Balaban J connectivity index is 1.47. The molecule has 4 rings (SSSR count). The van der Waals surface area contributed by atoms with E-state index in [-0.39, 0.29) is 28.8 Å². The third kappa shape index (κ3) is 5.15. The maximum Gasteiger partial charge on any atom is 0.394 e. The number of fused-ring (bicyclic) bond motifs is 1. The van der Waals surface area contributed by atoms with Crippen LogP contribution in [-0.2, 0) is 16.0 Å². The summed E-state index contributed by atoms with van der Waals surface area (Å²) in [7, 11) is 0. The normalized spacial score (nSPS) is 14.6. The van der Waals surface area contributed by atoms with Gasteiger partial charge in [0.1, 0.15) is 10.8 Å². The Bertz CT molecular complexity index is 1300. The van der Waals surface area contributed by atoms with E-state index in [0.29, 0.717) is 29.0 Å². The molecule has 180 valence electrons. The van der Waals surface area contributed by atoms with Crippen molar-refractivity contribution in [1.29, 1.82) is 0 Å². The highest BCUT2D eigenvalue weighted by Crippen LogP contribution is 2.39. The second-order valence-corrected chi connectivity index (χ2v) is 8.86. The predicted octanol–water partition coefficient (Wildman–Crippen LogP) is 2.46.